The molecule has 0 spiro atoms. The van der Waals surface area contributed by atoms with E-state index >= 15 is 0 Å². The molecule has 0 aliphatic carbocycles. The number of amides is 1. The van der Waals surface area contributed by atoms with E-state index in [1.807, 2.05) is 31.1 Å². The Kier molecular flexibility index (Phi) is 6.55. The lowest BCUT2D eigenvalue weighted by molar-refractivity contribution is -0.132. The molecule has 0 saturated carbocycles. The summed E-state index contributed by atoms with van der Waals surface area (Å²) in [5.41, 5.74) is 1.16. The molecular formula is C20H30N6O. The lowest BCUT2D eigenvalue weighted by Crippen LogP contribution is -2.38. The van der Waals surface area contributed by atoms with E-state index < -0.39 is 0 Å². The van der Waals surface area contributed by atoms with Gasteiger partial charge in [0.2, 0.25) is 5.91 Å². The fraction of sp³-hybridized carbons (Fsp3) is 0.600. The van der Waals surface area contributed by atoms with Gasteiger partial charge in [0, 0.05) is 44.4 Å². The van der Waals surface area contributed by atoms with Crippen molar-refractivity contribution in [3.05, 3.63) is 41.7 Å². The van der Waals surface area contributed by atoms with Gasteiger partial charge in [-0.2, -0.15) is 0 Å². The minimum atomic E-state index is 0.246. The first-order valence-electron chi connectivity index (χ1n) is 9.81. The molecule has 0 bridgehead atoms. The minimum Gasteiger partial charge on any atom is -0.343 e. The van der Waals surface area contributed by atoms with Crippen LogP contribution in [-0.2, 0) is 24.3 Å². The van der Waals surface area contributed by atoms with Crippen LogP contribution in [-0.4, -0.2) is 62.6 Å². The third-order valence-electron chi connectivity index (χ3n) is 5.22. The largest absolute Gasteiger partial charge is 0.343 e. The lowest BCUT2D eigenvalue weighted by atomic mass is 9.95. The third kappa shape index (κ3) is 4.91. The van der Waals surface area contributed by atoms with Crippen LogP contribution in [0, 0.1) is 0 Å². The molecule has 1 saturated heterocycles. The summed E-state index contributed by atoms with van der Waals surface area (Å²) in [6.07, 6.45) is 6.81. The molecule has 0 aromatic carbocycles. The number of hydrogen-bond donors (Lipinski definition) is 0. The number of carbonyl (C=O) groups excluding carboxylic acids is 1. The molecule has 2 aromatic rings. The fourth-order valence-electron chi connectivity index (χ4n) is 3.74. The first-order chi connectivity index (χ1) is 13.1. The van der Waals surface area contributed by atoms with Crippen LogP contribution >= 0.6 is 0 Å². The van der Waals surface area contributed by atoms with E-state index in [0.717, 1.165) is 62.7 Å². The van der Waals surface area contributed by atoms with Gasteiger partial charge in [0.1, 0.15) is 11.6 Å². The lowest BCUT2D eigenvalue weighted by Gasteiger charge is -2.32. The molecule has 27 heavy (non-hydrogen) atoms. The van der Waals surface area contributed by atoms with Crippen molar-refractivity contribution in [1.29, 1.82) is 0 Å². The van der Waals surface area contributed by atoms with Crippen LogP contribution in [0.5, 0.6) is 0 Å². The number of nitrogens with zero attached hydrogens (tertiary/aromatic N) is 6. The molecule has 0 N–H and O–H groups in total. The molecule has 1 aliphatic rings. The summed E-state index contributed by atoms with van der Waals surface area (Å²) in [5.74, 6) is 2.74. The summed E-state index contributed by atoms with van der Waals surface area (Å²) in [6.45, 7) is 5.44. The summed E-state index contributed by atoms with van der Waals surface area (Å²) in [6, 6.07) is 3.95. The Hall–Kier alpha value is -2.28. The number of rotatable bonds is 7. The van der Waals surface area contributed by atoms with E-state index in [1.165, 1.54) is 0 Å². The minimum absolute atomic E-state index is 0.246. The number of aryl methyl sites for hydroxylation is 1. The molecular weight excluding hydrogens is 340 g/mol. The maximum Gasteiger partial charge on any atom is 0.222 e. The second kappa shape index (κ2) is 9.08. The molecule has 7 nitrogen and oxygen atoms in total. The highest BCUT2D eigenvalue weighted by atomic mass is 16.2. The zero-order valence-corrected chi connectivity index (χ0v) is 16.6. The smallest absolute Gasteiger partial charge is 0.222 e. The van der Waals surface area contributed by atoms with Crippen molar-refractivity contribution in [2.75, 3.05) is 27.2 Å². The Morgan fingerprint density at radius 3 is 2.52 bits per heavy atom. The van der Waals surface area contributed by atoms with Gasteiger partial charge in [-0.05, 0) is 58.0 Å². The molecule has 1 fully saturated rings. The molecule has 0 unspecified atom stereocenters. The van der Waals surface area contributed by atoms with Gasteiger partial charge >= 0.3 is 0 Å². The Labute approximate surface area is 161 Å². The van der Waals surface area contributed by atoms with Crippen LogP contribution in [0.15, 0.2) is 24.5 Å². The molecule has 146 valence electrons. The molecule has 3 heterocycles. The highest BCUT2D eigenvalue weighted by Gasteiger charge is 2.27. The Bertz CT molecular complexity index is 734. The van der Waals surface area contributed by atoms with Crippen LogP contribution in [0.1, 0.15) is 49.3 Å². The maximum absolute atomic E-state index is 12.5. The number of pyridine rings is 1. The topological polar surface area (TPSA) is 67.2 Å². The highest BCUT2D eigenvalue weighted by molar-refractivity contribution is 5.76. The maximum atomic E-state index is 12.5. The van der Waals surface area contributed by atoms with Crippen molar-refractivity contribution in [2.24, 2.45) is 0 Å². The monoisotopic (exact) mass is 370 g/mol. The summed E-state index contributed by atoms with van der Waals surface area (Å²) in [5, 5.41) is 8.89. The van der Waals surface area contributed by atoms with Gasteiger partial charge in [-0.15, -0.1) is 10.2 Å². The van der Waals surface area contributed by atoms with Crippen molar-refractivity contribution in [2.45, 2.75) is 51.6 Å². The van der Waals surface area contributed by atoms with Gasteiger partial charge in [0.25, 0.3) is 0 Å². The van der Waals surface area contributed by atoms with Crippen molar-refractivity contribution in [3.63, 3.8) is 0 Å². The van der Waals surface area contributed by atoms with Gasteiger partial charge < -0.3 is 14.4 Å². The predicted octanol–water partition coefficient (Wildman–Crippen LogP) is 2.09. The van der Waals surface area contributed by atoms with E-state index in [-0.39, 0.29) is 5.91 Å². The van der Waals surface area contributed by atoms with Crippen LogP contribution in [0.4, 0.5) is 0 Å². The average Bonchev–Trinajstić information content (AvgIpc) is 3.08. The van der Waals surface area contributed by atoms with E-state index in [0.29, 0.717) is 12.3 Å². The molecule has 0 radical (unpaired) electrons. The van der Waals surface area contributed by atoms with E-state index in [4.69, 9.17) is 0 Å². The Balaban J connectivity index is 1.54. The van der Waals surface area contributed by atoms with Gasteiger partial charge in [0.15, 0.2) is 0 Å². The quantitative estimate of drug-likeness (QED) is 0.747. The number of aromatic nitrogens is 4. The van der Waals surface area contributed by atoms with Gasteiger partial charge in [-0.25, -0.2) is 0 Å². The fourth-order valence-corrected chi connectivity index (χ4v) is 3.74. The van der Waals surface area contributed by atoms with Gasteiger partial charge in [0.05, 0.1) is 6.54 Å². The molecule has 7 heteroatoms. The first-order valence-corrected chi connectivity index (χ1v) is 9.81. The second-order valence-corrected chi connectivity index (χ2v) is 7.47. The van der Waals surface area contributed by atoms with E-state index in [9.17, 15) is 4.79 Å². The number of likely N-dealkylation sites (tertiary alicyclic amines) is 1. The standard InChI is InChI=1S/C20H30N6O/c1-4-26-18(15-24(2)3)22-23-20(26)17-9-13-25(14-10-17)19(27)6-5-16-7-11-21-12-8-16/h7-8,11-12,17H,4-6,9-10,13-15H2,1-3H3. The van der Waals surface area contributed by atoms with Crippen LogP contribution in [0.3, 0.4) is 0 Å². The summed E-state index contributed by atoms with van der Waals surface area (Å²) in [7, 11) is 4.09. The highest BCUT2D eigenvalue weighted by Crippen LogP contribution is 2.28. The van der Waals surface area contributed by atoms with E-state index in [1.54, 1.807) is 12.4 Å². The molecule has 2 aromatic heterocycles. The van der Waals surface area contributed by atoms with Crippen LogP contribution in [0.2, 0.25) is 0 Å². The van der Waals surface area contributed by atoms with Gasteiger partial charge in [-0.1, -0.05) is 0 Å². The Morgan fingerprint density at radius 2 is 1.89 bits per heavy atom. The molecule has 1 amide bonds. The second-order valence-electron chi connectivity index (χ2n) is 7.47. The molecule has 3 rings (SSSR count). The summed E-state index contributed by atoms with van der Waals surface area (Å²) >= 11 is 0. The van der Waals surface area contributed by atoms with Crippen molar-refractivity contribution in [3.8, 4) is 0 Å². The van der Waals surface area contributed by atoms with Crippen LogP contribution in [0.25, 0.3) is 0 Å². The first kappa shape index (κ1) is 19.5. The predicted molar refractivity (Wildman–Crippen MR) is 104 cm³/mol. The zero-order chi connectivity index (χ0) is 19.2. The van der Waals surface area contributed by atoms with Crippen molar-refractivity contribution < 1.29 is 4.79 Å². The van der Waals surface area contributed by atoms with Gasteiger partial charge in [-0.3, -0.25) is 9.78 Å². The van der Waals surface area contributed by atoms with Crippen molar-refractivity contribution in [1.82, 2.24) is 29.5 Å². The number of piperidine rings is 1. The summed E-state index contributed by atoms with van der Waals surface area (Å²) in [4.78, 5) is 20.7. The average molecular weight is 371 g/mol. The third-order valence-corrected chi connectivity index (χ3v) is 5.22. The number of hydrogen-bond acceptors (Lipinski definition) is 5. The SMILES string of the molecule is CCn1c(CN(C)C)nnc1C1CCN(C(=O)CCc2ccncc2)CC1. The number of carbonyl (C=O) groups is 1. The van der Waals surface area contributed by atoms with Crippen LogP contribution < -0.4 is 0 Å². The zero-order valence-electron chi connectivity index (χ0n) is 16.6. The summed E-state index contributed by atoms with van der Waals surface area (Å²) < 4.78 is 2.24. The van der Waals surface area contributed by atoms with Crippen molar-refractivity contribution >= 4 is 5.91 Å². The normalized spacial score (nSPS) is 15.5. The Morgan fingerprint density at radius 1 is 1.19 bits per heavy atom. The van der Waals surface area contributed by atoms with E-state index in [2.05, 4.69) is 31.6 Å². The molecule has 0 atom stereocenters. The molecule has 1 aliphatic heterocycles.